The van der Waals surface area contributed by atoms with E-state index < -0.39 is 4.92 Å². The van der Waals surface area contributed by atoms with E-state index in [-0.39, 0.29) is 10.7 Å². The van der Waals surface area contributed by atoms with Crippen molar-refractivity contribution in [2.24, 2.45) is 0 Å². The van der Waals surface area contributed by atoms with E-state index >= 15 is 0 Å². The van der Waals surface area contributed by atoms with Crippen molar-refractivity contribution in [3.05, 3.63) is 68.8 Å². The fraction of sp³-hybridized carbons (Fsp3) is 0. The number of nitro benzene ring substituents is 1. The summed E-state index contributed by atoms with van der Waals surface area (Å²) in [5, 5.41) is 15.6. The molecule has 0 radical (unpaired) electrons. The predicted octanol–water partition coefficient (Wildman–Crippen LogP) is 5.19. The van der Waals surface area contributed by atoms with E-state index in [2.05, 4.69) is 10.3 Å². The summed E-state index contributed by atoms with van der Waals surface area (Å²) in [6.07, 6.45) is 1.63. The Morgan fingerprint density at radius 3 is 2.68 bits per heavy atom. The maximum absolute atomic E-state index is 10.9. The summed E-state index contributed by atoms with van der Waals surface area (Å²) < 4.78 is 0. The third-order valence-corrected chi connectivity index (χ3v) is 3.77. The number of hydrogen-bond acceptors (Lipinski definition) is 4. The average molecular weight is 334 g/mol. The molecule has 22 heavy (non-hydrogen) atoms. The minimum Gasteiger partial charge on any atom is -0.355 e. The first-order valence-electron chi connectivity index (χ1n) is 6.30. The SMILES string of the molecule is O=[N+]([O-])c1cc(Nc2ccnc3c(Cl)cccc23)ccc1Cl. The molecule has 0 amide bonds. The van der Waals surface area contributed by atoms with E-state index in [9.17, 15) is 10.1 Å². The minimum atomic E-state index is -0.519. The molecule has 5 nitrogen and oxygen atoms in total. The predicted molar refractivity (Wildman–Crippen MR) is 88.1 cm³/mol. The number of nitrogens with zero attached hydrogens (tertiary/aromatic N) is 2. The molecule has 0 fully saturated rings. The zero-order chi connectivity index (χ0) is 15.7. The highest BCUT2D eigenvalue weighted by atomic mass is 35.5. The van der Waals surface area contributed by atoms with Crippen LogP contribution in [0.3, 0.4) is 0 Å². The summed E-state index contributed by atoms with van der Waals surface area (Å²) in [6.45, 7) is 0. The number of aromatic nitrogens is 1. The zero-order valence-corrected chi connectivity index (χ0v) is 12.6. The first kappa shape index (κ1) is 14.6. The van der Waals surface area contributed by atoms with Crippen LogP contribution in [0.2, 0.25) is 10.0 Å². The van der Waals surface area contributed by atoms with Crippen molar-refractivity contribution < 1.29 is 4.92 Å². The smallest absolute Gasteiger partial charge is 0.289 e. The second-order valence-electron chi connectivity index (χ2n) is 4.54. The monoisotopic (exact) mass is 333 g/mol. The third kappa shape index (κ3) is 2.68. The molecule has 1 N–H and O–H groups in total. The fourth-order valence-corrected chi connectivity index (χ4v) is 2.54. The van der Waals surface area contributed by atoms with Crippen LogP contribution in [-0.2, 0) is 0 Å². The lowest BCUT2D eigenvalue weighted by Gasteiger charge is -2.10. The van der Waals surface area contributed by atoms with Crippen molar-refractivity contribution in [3.63, 3.8) is 0 Å². The normalized spacial score (nSPS) is 10.6. The van der Waals surface area contributed by atoms with Crippen molar-refractivity contribution in [2.45, 2.75) is 0 Å². The summed E-state index contributed by atoms with van der Waals surface area (Å²) in [5.74, 6) is 0. The average Bonchev–Trinajstić information content (AvgIpc) is 2.50. The van der Waals surface area contributed by atoms with Crippen LogP contribution in [0.5, 0.6) is 0 Å². The number of halogens is 2. The molecular formula is C15H9Cl2N3O2. The van der Waals surface area contributed by atoms with Gasteiger partial charge in [-0.25, -0.2) is 0 Å². The topological polar surface area (TPSA) is 68.1 Å². The van der Waals surface area contributed by atoms with Gasteiger partial charge in [-0.05, 0) is 24.3 Å². The van der Waals surface area contributed by atoms with Crippen molar-refractivity contribution >= 4 is 51.2 Å². The molecule has 0 saturated carbocycles. The van der Waals surface area contributed by atoms with Gasteiger partial charge in [0.05, 0.1) is 15.5 Å². The van der Waals surface area contributed by atoms with E-state index in [4.69, 9.17) is 23.2 Å². The van der Waals surface area contributed by atoms with E-state index in [0.717, 1.165) is 11.1 Å². The van der Waals surface area contributed by atoms with Crippen LogP contribution in [0, 0.1) is 10.1 Å². The number of anilines is 2. The van der Waals surface area contributed by atoms with E-state index in [0.29, 0.717) is 16.2 Å². The first-order valence-corrected chi connectivity index (χ1v) is 7.06. The Balaban J connectivity index is 2.06. The molecule has 1 heterocycles. The van der Waals surface area contributed by atoms with Gasteiger partial charge in [0.2, 0.25) is 0 Å². The lowest BCUT2D eigenvalue weighted by molar-refractivity contribution is -0.384. The maximum atomic E-state index is 10.9. The number of benzene rings is 2. The van der Waals surface area contributed by atoms with Gasteiger partial charge in [0.25, 0.3) is 5.69 Å². The minimum absolute atomic E-state index is 0.0955. The summed E-state index contributed by atoms with van der Waals surface area (Å²) >= 11 is 11.9. The molecular weight excluding hydrogens is 325 g/mol. The Hall–Kier alpha value is -2.37. The number of nitrogens with one attached hydrogen (secondary N) is 1. The second kappa shape index (κ2) is 5.79. The molecule has 0 bridgehead atoms. The van der Waals surface area contributed by atoms with Crippen LogP contribution >= 0.6 is 23.2 Å². The molecule has 0 aliphatic carbocycles. The van der Waals surface area contributed by atoms with Gasteiger partial charge in [-0.15, -0.1) is 0 Å². The fourth-order valence-electron chi connectivity index (χ4n) is 2.13. The lowest BCUT2D eigenvalue weighted by atomic mass is 10.1. The Kier molecular flexibility index (Phi) is 3.83. The van der Waals surface area contributed by atoms with Gasteiger partial charge < -0.3 is 5.32 Å². The highest BCUT2D eigenvalue weighted by molar-refractivity contribution is 6.35. The Morgan fingerprint density at radius 1 is 1.09 bits per heavy atom. The molecule has 0 saturated heterocycles. The number of nitro groups is 1. The molecule has 110 valence electrons. The number of hydrogen-bond donors (Lipinski definition) is 1. The molecule has 1 aromatic heterocycles. The third-order valence-electron chi connectivity index (χ3n) is 3.14. The molecule has 7 heteroatoms. The Labute approximate surface area is 135 Å². The Morgan fingerprint density at radius 2 is 1.91 bits per heavy atom. The molecule has 2 aromatic carbocycles. The zero-order valence-electron chi connectivity index (χ0n) is 11.1. The maximum Gasteiger partial charge on any atom is 0.289 e. The van der Waals surface area contributed by atoms with Gasteiger partial charge >= 0.3 is 0 Å². The molecule has 3 aromatic rings. The van der Waals surface area contributed by atoms with Gasteiger partial charge in [-0.3, -0.25) is 15.1 Å². The van der Waals surface area contributed by atoms with Crippen LogP contribution in [0.4, 0.5) is 17.1 Å². The van der Waals surface area contributed by atoms with Crippen LogP contribution in [0.25, 0.3) is 10.9 Å². The first-order chi connectivity index (χ1) is 10.6. The van der Waals surface area contributed by atoms with Gasteiger partial charge in [0.1, 0.15) is 5.02 Å². The van der Waals surface area contributed by atoms with E-state index in [1.807, 2.05) is 12.1 Å². The number of pyridine rings is 1. The second-order valence-corrected chi connectivity index (χ2v) is 5.36. The van der Waals surface area contributed by atoms with Crippen LogP contribution in [0.1, 0.15) is 0 Å². The number of para-hydroxylation sites is 1. The van der Waals surface area contributed by atoms with Crippen LogP contribution in [-0.4, -0.2) is 9.91 Å². The Bertz CT molecular complexity index is 884. The molecule has 0 atom stereocenters. The molecule has 3 rings (SSSR count). The molecule has 0 aliphatic heterocycles. The lowest BCUT2D eigenvalue weighted by Crippen LogP contribution is -1.95. The number of fused-ring (bicyclic) bond motifs is 1. The van der Waals surface area contributed by atoms with Crippen LogP contribution < -0.4 is 5.32 Å². The van der Waals surface area contributed by atoms with Crippen molar-refractivity contribution in [3.8, 4) is 0 Å². The van der Waals surface area contributed by atoms with Crippen molar-refractivity contribution in [1.29, 1.82) is 0 Å². The van der Waals surface area contributed by atoms with Crippen LogP contribution in [0.15, 0.2) is 48.7 Å². The molecule has 0 aliphatic rings. The van der Waals surface area contributed by atoms with E-state index in [1.165, 1.54) is 12.1 Å². The highest BCUT2D eigenvalue weighted by Gasteiger charge is 2.13. The van der Waals surface area contributed by atoms with Gasteiger partial charge in [0, 0.05) is 29.0 Å². The van der Waals surface area contributed by atoms with Gasteiger partial charge in [-0.1, -0.05) is 35.3 Å². The quantitative estimate of drug-likeness (QED) is 0.528. The summed E-state index contributed by atoms with van der Waals surface area (Å²) in [6, 6.07) is 11.8. The number of rotatable bonds is 3. The summed E-state index contributed by atoms with van der Waals surface area (Å²) in [5.41, 5.74) is 1.83. The highest BCUT2D eigenvalue weighted by Crippen LogP contribution is 2.32. The standard InChI is InChI=1S/C15H9Cl2N3O2/c16-11-5-4-9(8-14(11)20(21)22)19-13-6-7-18-15-10(13)2-1-3-12(15)17/h1-8H,(H,18,19). The van der Waals surface area contributed by atoms with E-state index in [1.54, 1.807) is 24.4 Å². The van der Waals surface area contributed by atoms with Gasteiger partial charge in [-0.2, -0.15) is 0 Å². The molecule has 0 unspecified atom stereocenters. The summed E-state index contributed by atoms with van der Waals surface area (Å²) in [4.78, 5) is 14.7. The summed E-state index contributed by atoms with van der Waals surface area (Å²) in [7, 11) is 0. The molecule has 0 spiro atoms. The van der Waals surface area contributed by atoms with Gasteiger partial charge in [0.15, 0.2) is 0 Å². The van der Waals surface area contributed by atoms with Crippen molar-refractivity contribution in [2.75, 3.05) is 5.32 Å². The largest absolute Gasteiger partial charge is 0.355 e. The van der Waals surface area contributed by atoms with Crippen molar-refractivity contribution in [1.82, 2.24) is 4.98 Å².